The van der Waals surface area contributed by atoms with E-state index in [1.165, 1.54) is 9.18 Å². The molecular formula is C21H26N2O4S2. The number of hydrogen-bond acceptors (Lipinski definition) is 5. The van der Waals surface area contributed by atoms with E-state index in [2.05, 4.69) is 6.07 Å². The maximum Gasteiger partial charge on any atom is 0.243 e. The summed E-state index contributed by atoms with van der Waals surface area (Å²) < 4.78 is 32.1. The van der Waals surface area contributed by atoms with E-state index in [0.717, 1.165) is 18.4 Å². The molecule has 1 aliphatic carbocycles. The number of thiophene rings is 1. The van der Waals surface area contributed by atoms with Gasteiger partial charge in [0, 0.05) is 30.4 Å². The first-order chi connectivity index (χ1) is 14.0. The van der Waals surface area contributed by atoms with E-state index in [1.807, 2.05) is 28.5 Å². The monoisotopic (exact) mass is 434 g/mol. The van der Waals surface area contributed by atoms with E-state index in [4.69, 9.17) is 4.74 Å². The second-order valence-electron chi connectivity index (χ2n) is 7.49. The number of morpholine rings is 1. The van der Waals surface area contributed by atoms with Gasteiger partial charge in [-0.15, -0.1) is 11.3 Å². The molecule has 156 valence electrons. The van der Waals surface area contributed by atoms with Gasteiger partial charge in [-0.3, -0.25) is 4.79 Å². The molecule has 0 spiro atoms. The van der Waals surface area contributed by atoms with Crippen molar-refractivity contribution in [3.05, 3.63) is 52.2 Å². The lowest BCUT2D eigenvalue weighted by molar-refractivity contribution is -0.132. The number of carbonyl (C=O) groups excluding carboxylic acids is 1. The molecule has 4 rings (SSSR count). The molecular weight excluding hydrogens is 408 g/mol. The molecule has 6 nitrogen and oxygen atoms in total. The number of sulfonamides is 1. The van der Waals surface area contributed by atoms with Gasteiger partial charge in [-0.05, 0) is 48.4 Å². The summed E-state index contributed by atoms with van der Waals surface area (Å²) in [6.45, 7) is 2.34. The predicted octanol–water partition coefficient (Wildman–Crippen LogP) is 2.89. The van der Waals surface area contributed by atoms with Crippen molar-refractivity contribution >= 4 is 27.3 Å². The van der Waals surface area contributed by atoms with Crippen LogP contribution >= 0.6 is 11.3 Å². The van der Waals surface area contributed by atoms with Crippen LogP contribution in [0.1, 0.15) is 29.7 Å². The summed E-state index contributed by atoms with van der Waals surface area (Å²) >= 11 is 1.68. The maximum absolute atomic E-state index is 12.8. The van der Waals surface area contributed by atoms with Crippen LogP contribution in [-0.2, 0) is 32.5 Å². The Hall–Kier alpha value is -1.74. The van der Waals surface area contributed by atoms with E-state index in [1.54, 1.807) is 23.5 Å². The van der Waals surface area contributed by atoms with Gasteiger partial charge in [0.25, 0.3) is 0 Å². The molecule has 2 heterocycles. The smallest absolute Gasteiger partial charge is 0.243 e. The molecule has 0 unspecified atom stereocenters. The summed E-state index contributed by atoms with van der Waals surface area (Å²) in [7, 11) is -3.48. The second-order valence-corrected chi connectivity index (χ2v) is 10.5. The highest BCUT2D eigenvalue weighted by Crippen LogP contribution is 2.30. The number of rotatable bonds is 8. The Kier molecular flexibility index (Phi) is 6.34. The van der Waals surface area contributed by atoms with E-state index in [9.17, 15) is 13.2 Å². The van der Waals surface area contributed by atoms with E-state index < -0.39 is 10.0 Å². The highest BCUT2D eigenvalue weighted by atomic mass is 32.2. The summed E-state index contributed by atoms with van der Waals surface area (Å²) in [5, 5.41) is 2.04. The number of ether oxygens (including phenoxy) is 1. The Morgan fingerprint density at radius 3 is 2.48 bits per heavy atom. The van der Waals surface area contributed by atoms with Crippen LogP contribution in [-0.4, -0.2) is 55.9 Å². The van der Waals surface area contributed by atoms with Crippen molar-refractivity contribution < 1.29 is 17.9 Å². The molecule has 0 radical (unpaired) electrons. The molecule has 0 atom stereocenters. The number of nitrogens with zero attached hydrogens (tertiary/aromatic N) is 2. The molecule has 0 bridgehead atoms. The Morgan fingerprint density at radius 2 is 1.86 bits per heavy atom. The first-order valence-electron chi connectivity index (χ1n) is 10.0. The van der Waals surface area contributed by atoms with Gasteiger partial charge in [0.15, 0.2) is 0 Å². The van der Waals surface area contributed by atoms with Crippen LogP contribution in [0.2, 0.25) is 0 Å². The molecule has 29 heavy (non-hydrogen) atoms. The largest absolute Gasteiger partial charge is 0.379 e. The molecule has 2 aromatic rings. The minimum Gasteiger partial charge on any atom is -0.379 e. The lowest BCUT2D eigenvalue weighted by atomic mass is 10.1. The lowest BCUT2D eigenvalue weighted by Gasteiger charge is -2.26. The van der Waals surface area contributed by atoms with Gasteiger partial charge in [-0.2, -0.15) is 4.31 Å². The number of carbonyl (C=O) groups is 1. The highest BCUT2D eigenvalue weighted by Gasteiger charge is 2.32. The van der Waals surface area contributed by atoms with Crippen LogP contribution in [0.15, 0.2) is 46.7 Å². The average Bonchev–Trinajstić information content (AvgIpc) is 3.46. The highest BCUT2D eigenvalue weighted by molar-refractivity contribution is 7.89. The van der Waals surface area contributed by atoms with Crippen LogP contribution in [0.4, 0.5) is 0 Å². The quantitative estimate of drug-likeness (QED) is 0.641. The van der Waals surface area contributed by atoms with Crippen molar-refractivity contribution in [1.82, 2.24) is 9.21 Å². The molecule has 2 fully saturated rings. The van der Waals surface area contributed by atoms with Gasteiger partial charge in [-0.25, -0.2) is 8.42 Å². The van der Waals surface area contributed by atoms with E-state index in [0.29, 0.717) is 56.6 Å². The van der Waals surface area contributed by atoms with Crippen LogP contribution < -0.4 is 0 Å². The summed E-state index contributed by atoms with van der Waals surface area (Å²) in [5.74, 6) is 0.172. The minimum atomic E-state index is -3.48. The fraction of sp³-hybridized carbons (Fsp3) is 0.476. The fourth-order valence-corrected chi connectivity index (χ4v) is 5.65. The first-order valence-corrected chi connectivity index (χ1v) is 12.3. The topological polar surface area (TPSA) is 66.9 Å². The molecule has 1 aromatic heterocycles. The number of hydrogen-bond donors (Lipinski definition) is 0. The predicted molar refractivity (Wildman–Crippen MR) is 112 cm³/mol. The zero-order valence-corrected chi connectivity index (χ0v) is 18.0. The number of amides is 1. The lowest BCUT2D eigenvalue weighted by Crippen LogP contribution is -2.40. The third-order valence-electron chi connectivity index (χ3n) is 5.37. The molecule has 1 saturated carbocycles. The molecule has 0 N–H and O–H groups in total. The van der Waals surface area contributed by atoms with Gasteiger partial charge < -0.3 is 9.64 Å². The number of aryl methyl sites for hydroxylation is 1. The Bertz CT molecular complexity index is 916. The zero-order valence-electron chi connectivity index (χ0n) is 16.3. The van der Waals surface area contributed by atoms with Crippen molar-refractivity contribution in [2.75, 3.05) is 26.3 Å². The molecule has 1 aliphatic heterocycles. The standard InChI is InChI=1S/C21H26N2O4S2/c24-21(23(18-6-7-18)16-19-2-1-15-28-19)10-5-17-3-8-20(9-4-17)29(25,26)22-11-13-27-14-12-22/h1-4,8-9,15,18H,5-7,10-14,16H2. The van der Waals surface area contributed by atoms with E-state index >= 15 is 0 Å². The Morgan fingerprint density at radius 1 is 1.14 bits per heavy atom. The van der Waals surface area contributed by atoms with Gasteiger partial charge in [-0.1, -0.05) is 18.2 Å². The number of benzene rings is 1. The molecule has 2 aliphatic rings. The minimum absolute atomic E-state index is 0.172. The van der Waals surface area contributed by atoms with Crippen molar-refractivity contribution in [3.63, 3.8) is 0 Å². The van der Waals surface area contributed by atoms with E-state index in [-0.39, 0.29) is 5.91 Å². The van der Waals surface area contributed by atoms with Crippen LogP contribution in [0.25, 0.3) is 0 Å². The summed E-state index contributed by atoms with van der Waals surface area (Å²) in [5.41, 5.74) is 0.978. The third kappa shape index (κ3) is 5.06. The fourth-order valence-electron chi connectivity index (χ4n) is 3.54. The normalized spacial score (nSPS) is 17.9. The van der Waals surface area contributed by atoms with Crippen molar-refractivity contribution in [2.24, 2.45) is 0 Å². The third-order valence-corrected chi connectivity index (χ3v) is 8.15. The van der Waals surface area contributed by atoms with Crippen LogP contribution in [0, 0.1) is 0 Å². The Balaban J connectivity index is 1.35. The molecule has 1 saturated heterocycles. The summed E-state index contributed by atoms with van der Waals surface area (Å²) in [6.07, 6.45) is 3.23. The molecule has 1 amide bonds. The average molecular weight is 435 g/mol. The zero-order chi connectivity index (χ0) is 20.3. The summed E-state index contributed by atoms with van der Waals surface area (Å²) in [6, 6.07) is 11.4. The van der Waals surface area contributed by atoms with Crippen LogP contribution in [0.5, 0.6) is 0 Å². The van der Waals surface area contributed by atoms with Crippen molar-refractivity contribution in [1.29, 1.82) is 0 Å². The van der Waals surface area contributed by atoms with Crippen molar-refractivity contribution in [3.8, 4) is 0 Å². The van der Waals surface area contributed by atoms with Crippen LogP contribution in [0.3, 0.4) is 0 Å². The first kappa shape index (κ1) is 20.5. The Labute approximate surface area is 176 Å². The second kappa shape index (κ2) is 8.95. The summed E-state index contributed by atoms with van der Waals surface area (Å²) in [4.78, 5) is 16.3. The SMILES string of the molecule is O=C(CCc1ccc(S(=O)(=O)N2CCOCC2)cc1)N(Cc1cccs1)C1CC1. The van der Waals surface area contributed by atoms with Gasteiger partial charge in [0.1, 0.15) is 0 Å². The van der Waals surface area contributed by atoms with Gasteiger partial charge in [0.05, 0.1) is 24.7 Å². The van der Waals surface area contributed by atoms with Crippen molar-refractivity contribution in [2.45, 2.75) is 43.2 Å². The maximum atomic E-state index is 12.8. The molecule has 8 heteroatoms. The van der Waals surface area contributed by atoms with Gasteiger partial charge in [0.2, 0.25) is 15.9 Å². The molecule has 1 aromatic carbocycles. The van der Waals surface area contributed by atoms with Gasteiger partial charge >= 0.3 is 0 Å².